The zero-order valence-electron chi connectivity index (χ0n) is 25.5. The zero-order valence-corrected chi connectivity index (χ0v) is 27.1. The van der Waals surface area contributed by atoms with Gasteiger partial charge in [0.1, 0.15) is 11.1 Å². The number of thiazole rings is 1. The Balaban J connectivity index is 1.47. The van der Waals surface area contributed by atoms with E-state index in [0.717, 1.165) is 16.1 Å². The number of carbonyl (C=O) groups is 2. The van der Waals surface area contributed by atoms with Crippen LogP contribution in [0.2, 0.25) is 0 Å². The van der Waals surface area contributed by atoms with Crippen molar-refractivity contribution in [2.24, 2.45) is 5.92 Å². The van der Waals surface area contributed by atoms with Crippen molar-refractivity contribution in [3.63, 3.8) is 0 Å². The molecule has 0 saturated heterocycles. The molecule has 236 valence electrons. The lowest BCUT2D eigenvalue weighted by Crippen LogP contribution is -2.50. The molecule has 2 heterocycles. The van der Waals surface area contributed by atoms with Crippen molar-refractivity contribution in [1.82, 2.24) is 14.2 Å². The molecule has 0 saturated carbocycles. The molecule has 12 heteroatoms. The summed E-state index contributed by atoms with van der Waals surface area (Å²) in [7, 11) is -2.35. The highest BCUT2D eigenvalue weighted by molar-refractivity contribution is 7.89. The Morgan fingerprint density at radius 1 is 1.16 bits per heavy atom. The van der Waals surface area contributed by atoms with Crippen LogP contribution in [0.25, 0.3) is 10.6 Å². The van der Waals surface area contributed by atoms with Crippen LogP contribution < -0.4 is 10.1 Å². The first-order chi connectivity index (χ1) is 21.5. The Bertz CT molecular complexity index is 1760. The summed E-state index contributed by atoms with van der Waals surface area (Å²) in [6.45, 7) is 5.46. The molecule has 4 aromatic rings. The molecule has 0 fully saturated rings. The largest absolute Gasteiger partial charge is 0.486 e. The van der Waals surface area contributed by atoms with Crippen molar-refractivity contribution < 1.29 is 27.9 Å². The molecule has 5 rings (SSSR count). The van der Waals surface area contributed by atoms with E-state index in [1.807, 2.05) is 31.4 Å². The maximum absolute atomic E-state index is 13.8. The molecule has 1 aliphatic heterocycles. The fourth-order valence-electron chi connectivity index (χ4n) is 5.13. The molecule has 0 radical (unpaired) electrons. The lowest BCUT2D eigenvalue weighted by molar-refractivity contribution is 0.0388. The van der Waals surface area contributed by atoms with E-state index in [0.29, 0.717) is 5.56 Å². The number of amides is 2. The molecule has 0 spiro atoms. The number of rotatable bonds is 9. The molecule has 2 N–H and O–H groups in total. The van der Waals surface area contributed by atoms with Crippen LogP contribution in [0.1, 0.15) is 40.1 Å². The number of ether oxygens (including phenoxy) is 1. The second-order valence-corrected chi connectivity index (χ2v) is 14.2. The first-order valence-electron chi connectivity index (χ1n) is 14.6. The standard InChI is InChI=1S/C33H36N4O6S2/c1-21-8-14-26(15-9-21)45(41,42)36(4)19-29-22(2)18-37(23(3)20-38)33(40)27-6-5-7-28(30(27)43-29)35-31(39)24-10-12-25(13-11-24)32-34-16-17-44-32/h5-17,22-23,29,38H,18-20H2,1-4H3,(H,35,39)/t22-,23-,29+/m1/s1. The number of aryl methyl sites for hydroxylation is 1. The Labute approximate surface area is 267 Å². The van der Waals surface area contributed by atoms with Crippen LogP contribution in [-0.2, 0) is 10.0 Å². The molecule has 1 aromatic heterocycles. The Morgan fingerprint density at radius 3 is 2.51 bits per heavy atom. The van der Waals surface area contributed by atoms with E-state index in [-0.39, 0.29) is 53.4 Å². The van der Waals surface area contributed by atoms with Crippen LogP contribution >= 0.6 is 11.3 Å². The summed E-state index contributed by atoms with van der Waals surface area (Å²) in [4.78, 5) is 33.2. The normalized spacial score (nSPS) is 17.6. The number of fused-ring (bicyclic) bond motifs is 1. The first-order valence-corrected chi connectivity index (χ1v) is 16.9. The first kappa shape index (κ1) is 32.3. The topological polar surface area (TPSA) is 129 Å². The predicted octanol–water partition coefficient (Wildman–Crippen LogP) is 4.91. The summed E-state index contributed by atoms with van der Waals surface area (Å²) in [6, 6.07) is 18.1. The third-order valence-electron chi connectivity index (χ3n) is 7.93. The second-order valence-electron chi connectivity index (χ2n) is 11.3. The number of hydrogen-bond acceptors (Lipinski definition) is 8. The average molecular weight is 649 g/mol. The molecular formula is C33H36N4O6S2. The Kier molecular flexibility index (Phi) is 9.68. The number of aromatic nitrogens is 1. The van der Waals surface area contributed by atoms with Crippen molar-refractivity contribution in [2.75, 3.05) is 32.1 Å². The van der Waals surface area contributed by atoms with Crippen molar-refractivity contribution in [3.8, 4) is 16.3 Å². The minimum absolute atomic E-state index is 0.0210. The summed E-state index contributed by atoms with van der Waals surface area (Å²) in [5.74, 6) is -0.963. The van der Waals surface area contributed by atoms with Gasteiger partial charge in [0, 0.05) is 42.2 Å². The van der Waals surface area contributed by atoms with Crippen LogP contribution in [0.3, 0.4) is 0 Å². The molecule has 3 atom stereocenters. The van der Waals surface area contributed by atoms with E-state index in [1.165, 1.54) is 22.7 Å². The highest BCUT2D eigenvalue weighted by atomic mass is 32.2. The Hall–Kier alpha value is -4.10. The van der Waals surface area contributed by atoms with E-state index in [9.17, 15) is 23.1 Å². The molecule has 3 aromatic carbocycles. The van der Waals surface area contributed by atoms with Gasteiger partial charge in [-0.25, -0.2) is 13.4 Å². The summed E-state index contributed by atoms with van der Waals surface area (Å²) in [5.41, 5.74) is 2.70. The van der Waals surface area contributed by atoms with Gasteiger partial charge in [-0.3, -0.25) is 9.59 Å². The third-order valence-corrected chi connectivity index (χ3v) is 10.6. The lowest BCUT2D eigenvalue weighted by atomic mass is 9.99. The number of aliphatic hydroxyl groups is 1. The predicted molar refractivity (Wildman–Crippen MR) is 174 cm³/mol. The number of anilines is 1. The molecular weight excluding hydrogens is 613 g/mol. The maximum Gasteiger partial charge on any atom is 0.258 e. The summed E-state index contributed by atoms with van der Waals surface area (Å²) >= 11 is 1.50. The minimum atomic E-state index is -3.85. The smallest absolute Gasteiger partial charge is 0.258 e. The van der Waals surface area contributed by atoms with Crippen LogP contribution in [0.5, 0.6) is 5.75 Å². The van der Waals surface area contributed by atoms with E-state index < -0.39 is 28.1 Å². The molecule has 0 aliphatic carbocycles. The van der Waals surface area contributed by atoms with E-state index in [1.54, 1.807) is 72.6 Å². The molecule has 1 aliphatic rings. The van der Waals surface area contributed by atoms with Gasteiger partial charge in [-0.1, -0.05) is 42.8 Å². The van der Waals surface area contributed by atoms with E-state index in [2.05, 4.69) is 10.3 Å². The summed E-state index contributed by atoms with van der Waals surface area (Å²) in [5, 5.41) is 15.6. The van der Waals surface area contributed by atoms with Crippen molar-refractivity contribution in [2.45, 2.75) is 37.8 Å². The quantitative estimate of drug-likeness (QED) is 0.264. The molecule has 0 bridgehead atoms. The van der Waals surface area contributed by atoms with Gasteiger partial charge in [0.25, 0.3) is 11.8 Å². The van der Waals surface area contributed by atoms with Gasteiger partial charge >= 0.3 is 0 Å². The van der Waals surface area contributed by atoms with Crippen molar-refractivity contribution >= 4 is 38.9 Å². The van der Waals surface area contributed by atoms with Crippen LogP contribution in [0.15, 0.2) is 83.2 Å². The van der Waals surface area contributed by atoms with Gasteiger partial charge < -0.3 is 20.1 Å². The zero-order chi connectivity index (χ0) is 32.3. The van der Waals surface area contributed by atoms with E-state index in [4.69, 9.17) is 4.74 Å². The number of carbonyl (C=O) groups excluding carboxylic acids is 2. The van der Waals surface area contributed by atoms with Gasteiger partial charge in [0.2, 0.25) is 10.0 Å². The molecule has 10 nitrogen and oxygen atoms in total. The van der Waals surface area contributed by atoms with Crippen LogP contribution in [-0.4, -0.2) is 78.4 Å². The third kappa shape index (κ3) is 6.94. The van der Waals surface area contributed by atoms with E-state index >= 15 is 0 Å². The van der Waals surface area contributed by atoms with Gasteiger partial charge in [0.15, 0.2) is 5.75 Å². The fourth-order valence-corrected chi connectivity index (χ4v) is 6.95. The number of nitrogens with one attached hydrogen (secondary N) is 1. The maximum atomic E-state index is 13.8. The number of hydrogen-bond donors (Lipinski definition) is 2. The number of nitrogens with zero attached hydrogens (tertiary/aromatic N) is 3. The molecule has 0 unspecified atom stereocenters. The van der Waals surface area contributed by atoms with Crippen molar-refractivity contribution in [3.05, 3.63) is 95.0 Å². The monoisotopic (exact) mass is 648 g/mol. The Morgan fingerprint density at radius 2 is 1.87 bits per heavy atom. The lowest BCUT2D eigenvalue weighted by Gasteiger charge is -2.38. The molecule has 2 amide bonds. The van der Waals surface area contributed by atoms with Crippen molar-refractivity contribution in [1.29, 1.82) is 0 Å². The van der Waals surface area contributed by atoms with Gasteiger partial charge in [-0.15, -0.1) is 11.3 Å². The van der Waals surface area contributed by atoms with Gasteiger partial charge in [-0.2, -0.15) is 4.31 Å². The highest BCUT2D eigenvalue weighted by Crippen LogP contribution is 2.35. The highest BCUT2D eigenvalue weighted by Gasteiger charge is 2.36. The molecule has 45 heavy (non-hydrogen) atoms. The number of para-hydroxylation sites is 1. The summed E-state index contributed by atoms with van der Waals surface area (Å²) < 4.78 is 34.7. The minimum Gasteiger partial charge on any atom is -0.486 e. The number of aliphatic hydroxyl groups excluding tert-OH is 1. The number of likely N-dealkylation sites (N-methyl/N-ethyl adjacent to an activating group) is 1. The average Bonchev–Trinajstić information content (AvgIpc) is 3.58. The van der Waals surface area contributed by atoms with Crippen LogP contribution in [0, 0.1) is 12.8 Å². The second kappa shape index (κ2) is 13.5. The fraction of sp³-hybridized carbons (Fsp3) is 0.303. The van der Waals surface area contributed by atoms with Crippen LogP contribution in [0.4, 0.5) is 5.69 Å². The number of sulfonamides is 1. The number of benzene rings is 3. The van der Waals surface area contributed by atoms with Gasteiger partial charge in [0.05, 0.1) is 35.3 Å². The van der Waals surface area contributed by atoms with Gasteiger partial charge in [-0.05, 0) is 50.2 Å². The SMILES string of the molecule is Cc1ccc(S(=O)(=O)N(C)C[C@@H]2Oc3c(NC(=O)c4ccc(-c5nccs5)cc4)cccc3C(=O)N([C@H](C)CO)C[C@H]2C)cc1. The summed E-state index contributed by atoms with van der Waals surface area (Å²) in [6.07, 6.45) is 1.02.